The lowest BCUT2D eigenvalue weighted by Gasteiger charge is -2.03. The lowest BCUT2D eigenvalue weighted by Crippen LogP contribution is -2.20. The predicted molar refractivity (Wildman–Crippen MR) is 76.2 cm³/mol. The number of para-hydroxylation sites is 1. The first-order valence-electron chi connectivity index (χ1n) is 6.25. The largest absolute Gasteiger partial charge is 0.461 e. The van der Waals surface area contributed by atoms with Gasteiger partial charge in [-0.25, -0.2) is 0 Å². The summed E-state index contributed by atoms with van der Waals surface area (Å²) in [5.41, 5.74) is 2.14. The average molecular weight is 265 g/mol. The molecule has 4 heteroatoms. The summed E-state index contributed by atoms with van der Waals surface area (Å²) >= 11 is 0. The van der Waals surface area contributed by atoms with Crippen molar-refractivity contribution in [1.29, 1.82) is 0 Å². The normalized spacial score (nSPS) is 13.0. The van der Waals surface area contributed by atoms with E-state index < -0.39 is 10.8 Å². The van der Waals surface area contributed by atoms with E-state index in [0.29, 0.717) is 5.75 Å². The molecule has 0 spiro atoms. The van der Waals surface area contributed by atoms with E-state index in [1.54, 1.807) is 0 Å². The van der Waals surface area contributed by atoms with Crippen LogP contribution >= 0.6 is 0 Å². The molecule has 1 N–H and O–H groups in total. The van der Waals surface area contributed by atoms with E-state index in [2.05, 4.69) is 11.4 Å². The van der Waals surface area contributed by atoms with Crippen LogP contribution in [-0.2, 0) is 17.3 Å². The van der Waals surface area contributed by atoms with E-state index in [1.807, 2.05) is 32.0 Å². The van der Waals surface area contributed by atoms with E-state index >= 15 is 0 Å². The van der Waals surface area contributed by atoms with Crippen LogP contribution < -0.4 is 5.32 Å². The molecule has 0 saturated heterocycles. The van der Waals surface area contributed by atoms with Crippen LogP contribution in [0, 0.1) is 6.92 Å². The van der Waals surface area contributed by atoms with Crippen LogP contribution in [0.25, 0.3) is 11.0 Å². The molecular formula is C14H19NO2S. The topological polar surface area (TPSA) is 42.2 Å². The Balaban J connectivity index is 1.99. The number of hydrogen-bond donors (Lipinski definition) is 1. The predicted octanol–water partition coefficient (Wildman–Crippen LogP) is 2.60. The van der Waals surface area contributed by atoms with Gasteiger partial charge in [0.15, 0.2) is 0 Å². The van der Waals surface area contributed by atoms with Gasteiger partial charge in [-0.3, -0.25) is 4.21 Å². The monoisotopic (exact) mass is 265 g/mol. The Labute approximate surface area is 110 Å². The van der Waals surface area contributed by atoms with Gasteiger partial charge in [0.05, 0.1) is 0 Å². The molecule has 1 aromatic heterocycles. The second-order valence-corrected chi connectivity index (χ2v) is 6.11. The summed E-state index contributed by atoms with van der Waals surface area (Å²) in [5, 5.41) is 4.50. The van der Waals surface area contributed by atoms with Gasteiger partial charge in [0, 0.05) is 46.3 Å². The molecule has 0 saturated carbocycles. The molecule has 1 aromatic carbocycles. The molecule has 3 nitrogen and oxygen atoms in total. The first-order chi connectivity index (χ1) is 8.72. The van der Waals surface area contributed by atoms with Crippen molar-refractivity contribution in [3.05, 3.63) is 35.6 Å². The van der Waals surface area contributed by atoms with Gasteiger partial charge in [0.1, 0.15) is 11.3 Å². The highest BCUT2D eigenvalue weighted by Gasteiger charge is 2.09. The summed E-state index contributed by atoms with van der Waals surface area (Å²) in [6, 6.07) is 8.06. The molecular weight excluding hydrogens is 246 g/mol. The quantitative estimate of drug-likeness (QED) is 0.816. The van der Waals surface area contributed by atoms with Gasteiger partial charge < -0.3 is 9.73 Å². The Bertz CT molecular complexity index is 548. The molecule has 1 heterocycles. The molecule has 2 rings (SSSR count). The minimum absolute atomic E-state index is 0.694. The molecule has 0 fully saturated rings. The first-order valence-corrected chi connectivity index (χ1v) is 7.74. The standard InChI is InChI=1S/C14H19NO2S/c1-3-18(16)9-8-15-10-13-11(2)17-14-7-5-4-6-12(13)14/h4-7,15H,3,8-10H2,1-2H3. The van der Waals surface area contributed by atoms with Crippen molar-refractivity contribution in [1.82, 2.24) is 5.32 Å². The van der Waals surface area contributed by atoms with E-state index in [4.69, 9.17) is 4.42 Å². The van der Waals surface area contributed by atoms with Crippen LogP contribution in [0.5, 0.6) is 0 Å². The fourth-order valence-corrected chi connectivity index (χ4v) is 2.65. The maximum Gasteiger partial charge on any atom is 0.134 e. The third kappa shape index (κ3) is 3.00. The molecule has 0 aliphatic heterocycles. The molecule has 0 bridgehead atoms. The van der Waals surface area contributed by atoms with Crippen molar-refractivity contribution in [2.75, 3.05) is 18.1 Å². The fraction of sp³-hybridized carbons (Fsp3) is 0.429. The van der Waals surface area contributed by atoms with Crippen LogP contribution in [-0.4, -0.2) is 22.3 Å². The summed E-state index contributed by atoms with van der Waals surface area (Å²) in [7, 11) is -0.694. The van der Waals surface area contributed by atoms with Crippen molar-refractivity contribution in [2.24, 2.45) is 0 Å². The van der Waals surface area contributed by atoms with Gasteiger partial charge in [0.25, 0.3) is 0 Å². The Morgan fingerprint density at radius 2 is 2.11 bits per heavy atom. The number of aryl methyl sites for hydroxylation is 1. The first kappa shape index (κ1) is 13.3. The highest BCUT2D eigenvalue weighted by molar-refractivity contribution is 7.84. The SMILES string of the molecule is CCS(=O)CCNCc1c(C)oc2ccccc12. The van der Waals surface area contributed by atoms with Gasteiger partial charge >= 0.3 is 0 Å². The molecule has 2 aromatic rings. The number of rotatable bonds is 6. The molecule has 0 aliphatic carbocycles. The van der Waals surface area contributed by atoms with Crippen molar-refractivity contribution in [3.63, 3.8) is 0 Å². The van der Waals surface area contributed by atoms with Gasteiger partial charge in [0.2, 0.25) is 0 Å². The fourth-order valence-electron chi connectivity index (χ4n) is 1.98. The Morgan fingerprint density at radius 3 is 2.89 bits per heavy atom. The summed E-state index contributed by atoms with van der Waals surface area (Å²) in [6.07, 6.45) is 0. The molecule has 98 valence electrons. The minimum atomic E-state index is -0.694. The molecule has 1 unspecified atom stereocenters. The van der Waals surface area contributed by atoms with Gasteiger partial charge in [-0.2, -0.15) is 0 Å². The molecule has 0 radical (unpaired) electrons. The average Bonchev–Trinajstić information content (AvgIpc) is 2.70. The van der Waals surface area contributed by atoms with Crippen molar-refractivity contribution >= 4 is 21.8 Å². The van der Waals surface area contributed by atoms with E-state index in [-0.39, 0.29) is 0 Å². The lowest BCUT2D eigenvalue weighted by molar-refractivity contribution is 0.567. The number of hydrogen-bond acceptors (Lipinski definition) is 3. The van der Waals surface area contributed by atoms with Crippen molar-refractivity contribution < 1.29 is 8.63 Å². The molecule has 0 aliphatic rings. The highest BCUT2D eigenvalue weighted by atomic mass is 32.2. The van der Waals surface area contributed by atoms with E-state index in [9.17, 15) is 4.21 Å². The molecule has 0 amide bonds. The van der Waals surface area contributed by atoms with Crippen LogP contribution in [0.2, 0.25) is 0 Å². The molecule has 18 heavy (non-hydrogen) atoms. The number of fused-ring (bicyclic) bond motifs is 1. The van der Waals surface area contributed by atoms with Crippen LogP contribution in [0.3, 0.4) is 0 Å². The third-order valence-corrected chi connectivity index (χ3v) is 4.33. The second kappa shape index (κ2) is 6.16. The summed E-state index contributed by atoms with van der Waals surface area (Å²) in [4.78, 5) is 0. The van der Waals surface area contributed by atoms with Gasteiger partial charge in [-0.1, -0.05) is 25.1 Å². The van der Waals surface area contributed by atoms with Crippen LogP contribution in [0.4, 0.5) is 0 Å². The zero-order valence-corrected chi connectivity index (χ0v) is 11.7. The zero-order chi connectivity index (χ0) is 13.0. The Kier molecular flexibility index (Phi) is 4.55. The van der Waals surface area contributed by atoms with Gasteiger partial charge in [-0.15, -0.1) is 0 Å². The summed E-state index contributed by atoms with van der Waals surface area (Å²) in [6.45, 7) is 5.48. The van der Waals surface area contributed by atoms with E-state index in [1.165, 1.54) is 10.9 Å². The minimum Gasteiger partial charge on any atom is -0.461 e. The number of furan rings is 1. The third-order valence-electron chi connectivity index (χ3n) is 3.03. The smallest absolute Gasteiger partial charge is 0.134 e. The second-order valence-electron chi connectivity index (χ2n) is 4.24. The van der Waals surface area contributed by atoms with Crippen molar-refractivity contribution in [2.45, 2.75) is 20.4 Å². The summed E-state index contributed by atoms with van der Waals surface area (Å²) in [5.74, 6) is 2.40. The Hall–Kier alpha value is -1.13. The van der Waals surface area contributed by atoms with Crippen LogP contribution in [0.15, 0.2) is 28.7 Å². The summed E-state index contributed by atoms with van der Waals surface area (Å²) < 4.78 is 17.0. The Morgan fingerprint density at radius 1 is 1.33 bits per heavy atom. The van der Waals surface area contributed by atoms with E-state index in [0.717, 1.165) is 30.2 Å². The lowest BCUT2D eigenvalue weighted by atomic mass is 10.1. The maximum atomic E-state index is 11.3. The van der Waals surface area contributed by atoms with Crippen molar-refractivity contribution in [3.8, 4) is 0 Å². The highest BCUT2D eigenvalue weighted by Crippen LogP contribution is 2.24. The maximum absolute atomic E-state index is 11.3. The van der Waals surface area contributed by atoms with Gasteiger partial charge in [-0.05, 0) is 13.0 Å². The zero-order valence-electron chi connectivity index (χ0n) is 10.9. The van der Waals surface area contributed by atoms with Crippen LogP contribution in [0.1, 0.15) is 18.2 Å². The number of benzene rings is 1. The number of nitrogens with one attached hydrogen (secondary N) is 1. The molecule has 1 atom stereocenters.